The molecule has 1 unspecified atom stereocenters. The first-order valence-electron chi connectivity index (χ1n) is 8.53. The second-order valence-corrected chi connectivity index (χ2v) is 6.19. The van der Waals surface area contributed by atoms with E-state index in [9.17, 15) is 14.3 Å². The van der Waals surface area contributed by atoms with Crippen molar-refractivity contribution in [3.05, 3.63) is 60.0 Å². The summed E-state index contributed by atoms with van der Waals surface area (Å²) < 4.78 is 13.2. The van der Waals surface area contributed by atoms with Crippen molar-refractivity contribution in [2.24, 2.45) is 0 Å². The highest BCUT2D eigenvalue weighted by Gasteiger charge is 2.13. The van der Waals surface area contributed by atoms with Gasteiger partial charge in [-0.25, -0.2) is 4.39 Å². The molecule has 5 nitrogen and oxygen atoms in total. The number of hydrogen-bond acceptors (Lipinski definition) is 3. The summed E-state index contributed by atoms with van der Waals surface area (Å²) in [4.78, 5) is 15.4. The molecule has 0 saturated heterocycles. The van der Waals surface area contributed by atoms with Crippen LogP contribution in [-0.2, 0) is 0 Å². The number of halogens is 1. The van der Waals surface area contributed by atoms with Gasteiger partial charge in [0, 0.05) is 24.1 Å². The lowest BCUT2D eigenvalue weighted by Crippen LogP contribution is -2.32. The van der Waals surface area contributed by atoms with Gasteiger partial charge in [-0.2, -0.15) is 0 Å². The molecule has 6 heteroatoms. The van der Waals surface area contributed by atoms with E-state index in [1.807, 2.05) is 18.2 Å². The van der Waals surface area contributed by atoms with Gasteiger partial charge in [-0.1, -0.05) is 24.3 Å². The lowest BCUT2D eigenvalue weighted by Gasteiger charge is -2.10. The molecule has 26 heavy (non-hydrogen) atoms. The molecule has 3 rings (SSSR count). The molecular formula is C20H21FN2O3. The maximum absolute atomic E-state index is 13.2. The van der Waals surface area contributed by atoms with E-state index in [0.29, 0.717) is 18.5 Å². The third-order valence-electron chi connectivity index (χ3n) is 4.26. The molecule has 0 radical (unpaired) electrons. The lowest BCUT2D eigenvalue weighted by molar-refractivity contribution is 0.0900. The van der Waals surface area contributed by atoms with E-state index < -0.39 is 6.10 Å². The smallest absolute Gasteiger partial charge is 0.267 e. The maximum Gasteiger partial charge on any atom is 0.267 e. The van der Waals surface area contributed by atoms with Crippen LogP contribution < -0.4 is 5.32 Å². The predicted molar refractivity (Wildman–Crippen MR) is 98.4 cm³/mol. The van der Waals surface area contributed by atoms with Crippen molar-refractivity contribution < 1.29 is 19.4 Å². The Labute approximate surface area is 150 Å². The van der Waals surface area contributed by atoms with Crippen molar-refractivity contribution in [2.45, 2.75) is 18.9 Å². The molecule has 0 aliphatic rings. The molecule has 3 aromatic rings. The van der Waals surface area contributed by atoms with Gasteiger partial charge < -0.3 is 20.5 Å². The Hall–Kier alpha value is -2.70. The van der Waals surface area contributed by atoms with Gasteiger partial charge in [0.25, 0.3) is 5.91 Å². The first kappa shape index (κ1) is 18.1. The first-order chi connectivity index (χ1) is 12.6. The number of nitrogens with one attached hydrogen (secondary N) is 2. The minimum absolute atomic E-state index is 0.0131. The Morgan fingerprint density at radius 1 is 1.19 bits per heavy atom. The predicted octanol–water partition coefficient (Wildman–Crippen LogP) is 2.84. The number of hydrogen-bond donors (Lipinski definition) is 4. The van der Waals surface area contributed by atoms with Crippen molar-refractivity contribution in [1.29, 1.82) is 0 Å². The van der Waals surface area contributed by atoms with Gasteiger partial charge in [0.15, 0.2) is 0 Å². The number of aromatic amines is 1. The summed E-state index contributed by atoms with van der Waals surface area (Å²) in [5, 5.41) is 22.1. The molecule has 1 atom stereocenters. The molecule has 1 aromatic heterocycles. The normalized spacial score (nSPS) is 12.3. The van der Waals surface area contributed by atoms with Crippen molar-refractivity contribution in [1.82, 2.24) is 10.3 Å². The highest BCUT2D eigenvalue weighted by molar-refractivity contribution is 6.02. The number of fused-ring (bicyclic) bond motifs is 1. The summed E-state index contributed by atoms with van der Waals surface area (Å²) in [6.45, 7) is 0.137. The number of aliphatic hydroxyl groups excluding tert-OH is 2. The van der Waals surface area contributed by atoms with E-state index in [0.717, 1.165) is 22.0 Å². The van der Waals surface area contributed by atoms with E-state index in [4.69, 9.17) is 5.11 Å². The summed E-state index contributed by atoms with van der Waals surface area (Å²) in [5.74, 6) is -0.607. The van der Waals surface area contributed by atoms with Crippen LogP contribution >= 0.6 is 0 Å². The van der Waals surface area contributed by atoms with Crippen LogP contribution in [0.3, 0.4) is 0 Å². The largest absolute Gasteiger partial charge is 0.396 e. The Kier molecular flexibility index (Phi) is 5.65. The number of H-pyrrole nitrogens is 1. The van der Waals surface area contributed by atoms with Gasteiger partial charge in [0.2, 0.25) is 0 Å². The topological polar surface area (TPSA) is 85.3 Å². The van der Waals surface area contributed by atoms with Crippen LogP contribution in [0.4, 0.5) is 4.39 Å². The average Bonchev–Trinajstić information content (AvgIpc) is 3.09. The lowest BCUT2D eigenvalue weighted by atomic mass is 10.0. The zero-order valence-electron chi connectivity index (χ0n) is 14.2. The van der Waals surface area contributed by atoms with E-state index in [1.165, 1.54) is 12.1 Å². The molecule has 1 heterocycles. The van der Waals surface area contributed by atoms with Crippen LogP contribution in [0, 0.1) is 5.82 Å². The van der Waals surface area contributed by atoms with Crippen LogP contribution in [0.1, 0.15) is 23.3 Å². The molecular weight excluding hydrogens is 335 g/mol. The van der Waals surface area contributed by atoms with E-state index in [-0.39, 0.29) is 24.9 Å². The molecule has 0 aliphatic carbocycles. The third kappa shape index (κ3) is 4.09. The SMILES string of the molecule is O=C(NCC(O)CCCO)c1cc2c(-c3ccc(F)cc3)cccc2[nH]1. The van der Waals surface area contributed by atoms with Crippen LogP contribution in [0.2, 0.25) is 0 Å². The van der Waals surface area contributed by atoms with Crippen LogP contribution in [-0.4, -0.2) is 40.4 Å². The second-order valence-electron chi connectivity index (χ2n) is 6.19. The molecule has 2 aromatic carbocycles. The quantitative estimate of drug-likeness (QED) is 0.525. The number of benzene rings is 2. The molecule has 4 N–H and O–H groups in total. The van der Waals surface area contributed by atoms with Gasteiger partial charge in [0.05, 0.1) is 6.10 Å². The number of carbonyl (C=O) groups excluding carboxylic acids is 1. The highest BCUT2D eigenvalue weighted by atomic mass is 19.1. The monoisotopic (exact) mass is 356 g/mol. The van der Waals surface area contributed by atoms with E-state index in [1.54, 1.807) is 18.2 Å². The Balaban J connectivity index is 1.80. The Morgan fingerprint density at radius 2 is 1.96 bits per heavy atom. The molecule has 136 valence electrons. The van der Waals surface area contributed by atoms with Gasteiger partial charge >= 0.3 is 0 Å². The summed E-state index contributed by atoms with van der Waals surface area (Å²) >= 11 is 0. The fourth-order valence-corrected chi connectivity index (χ4v) is 2.89. The van der Waals surface area contributed by atoms with Crippen LogP contribution in [0.15, 0.2) is 48.5 Å². The van der Waals surface area contributed by atoms with Crippen LogP contribution in [0.25, 0.3) is 22.0 Å². The number of amides is 1. The number of carbonyl (C=O) groups is 1. The first-order valence-corrected chi connectivity index (χ1v) is 8.53. The van der Waals surface area contributed by atoms with Crippen molar-refractivity contribution in [3.63, 3.8) is 0 Å². The summed E-state index contributed by atoms with van der Waals surface area (Å²) in [6.07, 6.45) is 0.230. The van der Waals surface area contributed by atoms with Crippen molar-refractivity contribution in [2.75, 3.05) is 13.2 Å². The Morgan fingerprint density at radius 3 is 2.69 bits per heavy atom. The summed E-state index contributed by atoms with van der Waals surface area (Å²) in [7, 11) is 0. The summed E-state index contributed by atoms with van der Waals surface area (Å²) in [6, 6.07) is 13.6. The standard InChI is InChI=1S/C20H21FN2O3/c21-14-8-6-13(7-9-14)16-4-1-5-18-17(16)11-19(23-18)20(26)22-12-15(25)3-2-10-24/h1,4-9,11,15,23-25H,2-3,10,12H2,(H,22,26). The maximum atomic E-state index is 13.2. The highest BCUT2D eigenvalue weighted by Crippen LogP contribution is 2.29. The Bertz CT molecular complexity index is 890. The van der Waals surface area contributed by atoms with Crippen molar-refractivity contribution >= 4 is 16.8 Å². The number of rotatable bonds is 7. The van der Waals surface area contributed by atoms with Gasteiger partial charge in [0.1, 0.15) is 11.5 Å². The minimum Gasteiger partial charge on any atom is -0.396 e. The fraction of sp³-hybridized carbons (Fsp3) is 0.250. The molecule has 0 aliphatic heterocycles. The molecule has 0 spiro atoms. The third-order valence-corrected chi connectivity index (χ3v) is 4.26. The number of aliphatic hydroxyl groups is 2. The zero-order valence-corrected chi connectivity index (χ0v) is 14.2. The van der Waals surface area contributed by atoms with Crippen molar-refractivity contribution in [3.8, 4) is 11.1 Å². The summed E-state index contributed by atoms with van der Waals surface area (Å²) in [5.41, 5.74) is 2.96. The van der Waals surface area contributed by atoms with E-state index in [2.05, 4.69) is 10.3 Å². The molecule has 1 amide bonds. The minimum atomic E-state index is -0.690. The van der Waals surface area contributed by atoms with Gasteiger partial charge in [-0.3, -0.25) is 4.79 Å². The zero-order chi connectivity index (χ0) is 18.5. The average molecular weight is 356 g/mol. The fourth-order valence-electron chi connectivity index (χ4n) is 2.89. The number of aromatic nitrogens is 1. The van der Waals surface area contributed by atoms with Gasteiger partial charge in [-0.15, -0.1) is 0 Å². The molecule has 0 fully saturated rings. The van der Waals surface area contributed by atoms with E-state index >= 15 is 0 Å². The molecule has 0 bridgehead atoms. The van der Waals surface area contributed by atoms with Crippen LogP contribution in [0.5, 0.6) is 0 Å². The molecule has 0 saturated carbocycles. The van der Waals surface area contributed by atoms with Gasteiger partial charge in [-0.05, 0) is 48.2 Å². The second kappa shape index (κ2) is 8.12.